The van der Waals surface area contributed by atoms with Crippen LogP contribution in [-0.4, -0.2) is 15.9 Å². The first-order valence-corrected chi connectivity index (χ1v) is 5.89. The van der Waals surface area contributed by atoms with Crippen LogP contribution < -0.4 is 10.5 Å². The predicted molar refractivity (Wildman–Crippen MR) is 66.7 cm³/mol. The number of benzene rings is 1. The molecule has 1 aromatic heterocycles. The van der Waals surface area contributed by atoms with E-state index in [4.69, 9.17) is 10.5 Å². The molecule has 5 heteroatoms. The molecule has 0 atom stereocenters. The molecule has 3 rings (SSSR count). The zero-order chi connectivity index (χ0) is 12.7. The third-order valence-corrected chi connectivity index (χ3v) is 2.95. The fraction of sp³-hybridized carbons (Fsp3) is 0.308. The van der Waals surface area contributed by atoms with E-state index in [9.17, 15) is 4.39 Å². The maximum Gasteiger partial charge on any atom is 0.129 e. The van der Waals surface area contributed by atoms with Gasteiger partial charge in [0.05, 0.1) is 11.8 Å². The molecule has 0 bridgehead atoms. The summed E-state index contributed by atoms with van der Waals surface area (Å²) >= 11 is 0. The number of nitrogen functional groups attached to an aromatic ring is 1. The van der Waals surface area contributed by atoms with Gasteiger partial charge in [-0.1, -0.05) is 0 Å². The van der Waals surface area contributed by atoms with Crippen molar-refractivity contribution in [1.29, 1.82) is 0 Å². The maximum atomic E-state index is 13.4. The van der Waals surface area contributed by atoms with Gasteiger partial charge in [0, 0.05) is 18.7 Å². The maximum absolute atomic E-state index is 13.4. The van der Waals surface area contributed by atoms with Gasteiger partial charge in [-0.15, -0.1) is 0 Å². The minimum Gasteiger partial charge on any atom is -0.490 e. The number of rotatable bonds is 3. The third kappa shape index (κ3) is 2.03. The number of nitrogens with zero attached hydrogens (tertiary/aromatic N) is 2. The van der Waals surface area contributed by atoms with Gasteiger partial charge in [-0.2, -0.15) is 5.10 Å². The number of hydrogen-bond donors (Lipinski definition) is 1. The van der Waals surface area contributed by atoms with E-state index in [2.05, 4.69) is 5.10 Å². The molecule has 1 saturated carbocycles. The number of halogens is 1. The molecule has 1 fully saturated rings. The summed E-state index contributed by atoms with van der Waals surface area (Å²) in [5.41, 5.74) is 7.02. The van der Waals surface area contributed by atoms with Gasteiger partial charge in [-0.05, 0) is 31.0 Å². The summed E-state index contributed by atoms with van der Waals surface area (Å²) in [5.74, 6) is 0.890. The van der Waals surface area contributed by atoms with Crippen molar-refractivity contribution in [2.24, 2.45) is 7.05 Å². The van der Waals surface area contributed by atoms with Crippen LogP contribution in [0.5, 0.6) is 5.75 Å². The lowest BCUT2D eigenvalue weighted by Gasteiger charge is -2.09. The molecule has 0 amide bonds. The highest BCUT2D eigenvalue weighted by Gasteiger charge is 2.25. The minimum atomic E-state index is -0.308. The summed E-state index contributed by atoms with van der Waals surface area (Å²) in [7, 11) is 1.75. The second kappa shape index (κ2) is 4.01. The first-order valence-electron chi connectivity index (χ1n) is 5.89. The molecule has 1 aliphatic carbocycles. The highest BCUT2D eigenvalue weighted by Crippen LogP contribution is 2.35. The van der Waals surface area contributed by atoms with E-state index in [1.807, 2.05) is 0 Å². The van der Waals surface area contributed by atoms with Crippen molar-refractivity contribution < 1.29 is 9.13 Å². The number of hydrogen-bond acceptors (Lipinski definition) is 3. The number of aromatic nitrogens is 2. The number of aryl methyl sites for hydroxylation is 1. The zero-order valence-electron chi connectivity index (χ0n) is 10.1. The van der Waals surface area contributed by atoms with E-state index >= 15 is 0 Å². The van der Waals surface area contributed by atoms with Crippen LogP contribution in [0.2, 0.25) is 0 Å². The summed E-state index contributed by atoms with van der Waals surface area (Å²) in [5, 5.41) is 4.25. The molecule has 4 nitrogen and oxygen atoms in total. The molecule has 2 aromatic rings. The van der Waals surface area contributed by atoms with E-state index in [0.717, 1.165) is 12.8 Å². The van der Waals surface area contributed by atoms with Crippen LogP contribution in [-0.2, 0) is 7.05 Å². The van der Waals surface area contributed by atoms with Gasteiger partial charge in [0.2, 0.25) is 0 Å². The van der Waals surface area contributed by atoms with Crippen molar-refractivity contribution >= 4 is 5.82 Å². The Labute approximate surface area is 104 Å². The van der Waals surface area contributed by atoms with Crippen LogP contribution in [0.25, 0.3) is 11.3 Å². The molecule has 0 aliphatic heterocycles. The molecule has 1 heterocycles. The lowest BCUT2D eigenvalue weighted by molar-refractivity contribution is 0.304. The van der Waals surface area contributed by atoms with Gasteiger partial charge in [0.15, 0.2) is 0 Å². The molecular weight excluding hydrogens is 233 g/mol. The smallest absolute Gasteiger partial charge is 0.129 e. The van der Waals surface area contributed by atoms with Gasteiger partial charge in [-0.3, -0.25) is 4.68 Å². The normalized spacial score (nSPS) is 14.8. The lowest BCUT2D eigenvalue weighted by Crippen LogP contribution is -1.99. The Morgan fingerprint density at radius 1 is 1.39 bits per heavy atom. The SMILES string of the molecule is Cn1nc(-c2cc(F)ccc2OC2CC2)cc1N. The Morgan fingerprint density at radius 2 is 2.17 bits per heavy atom. The van der Waals surface area contributed by atoms with Crippen molar-refractivity contribution in [2.75, 3.05) is 5.73 Å². The van der Waals surface area contributed by atoms with E-state index in [-0.39, 0.29) is 11.9 Å². The average molecular weight is 247 g/mol. The quantitative estimate of drug-likeness (QED) is 0.905. The van der Waals surface area contributed by atoms with Crippen LogP contribution >= 0.6 is 0 Å². The van der Waals surface area contributed by atoms with Gasteiger partial charge in [-0.25, -0.2) is 4.39 Å². The van der Waals surface area contributed by atoms with Crippen molar-refractivity contribution in [3.8, 4) is 17.0 Å². The standard InChI is InChI=1S/C13H14FN3O/c1-17-13(15)7-11(16-17)10-6-8(14)2-5-12(10)18-9-3-4-9/h2,5-7,9H,3-4,15H2,1H3. The number of anilines is 1. The molecular formula is C13H14FN3O. The van der Waals surface area contributed by atoms with Crippen molar-refractivity contribution in [2.45, 2.75) is 18.9 Å². The molecule has 18 heavy (non-hydrogen) atoms. The fourth-order valence-electron chi connectivity index (χ4n) is 1.78. The Balaban J connectivity index is 2.04. The van der Waals surface area contributed by atoms with Gasteiger partial charge in [0.1, 0.15) is 17.4 Å². The number of ether oxygens (including phenoxy) is 1. The van der Waals surface area contributed by atoms with Crippen LogP contribution in [0.1, 0.15) is 12.8 Å². The molecule has 94 valence electrons. The number of nitrogens with two attached hydrogens (primary N) is 1. The van der Waals surface area contributed by atoms with Crippen molar-refractivity contribution in [3.05, 3.63) is 30.1 Å². The van der Waals surface area contributed by atoms with E-state index < -0.39 is 0 Å². The summed E-state index contributed by atoms with van der Waals surface area (Å²) in [6.07, 6.45) is 2.37. The zero-order valence-corrected chi connectivity index (χ0v) is 10.1. The first kappa shape index (κ1) is 11.1. The molecule has 0 radical (unpaired) electrons. The van der Waals surface area contributed by atoms with Crippen molar-refractivity contribution in [3.63, 3.8) is 0 Å². The largest absolute Gasteiger partial charge is 0.490 e. The minimum absolute atomic E-state index is 0.260. The van der Waals surface area contributed by atoms with E-state index in [1.165, 1.54) is 12.1 Å². The van der Waals surface area contributed by atoms with Crippen LogP contribution in [0.15, 0.2) is 24.3 Å². The fourth-order valence-corrected chi connectivity index (χ4v) is 1.78. The topological polar surface area (TPSA) is 53.1 Å². The highest BCUT2D eigenvalue weighted by atomic mass is 19.1. The Kier molecular flexibility index (Phi) is 2.47. The van der Waals surface area contributed by atoms with Crippen molar-refractivity contribution in [1.82, 2.24) is 9.78 Å². The van der Waals surface area contributed by atoms with E-state index in [0.29, 0.717) is 22.8 Å². The summed E-state index contributed by atoms with van der Waals surface area (Å²) < 4.78 is 20.7. The molecule has 0 spiro atoms. The Bertz CT molecular complexity index is 570. The second-order valence-corrected chi connectivity index (χ2v) is 4.54. The van der Waals surface area contributed by atoms with Gasteiger partial charge >= 0.3 is 0 Å². The lowest BCUT2D eigenvalue weighted by atomic mass is 10.1. The van der Waals surface area contributed by atoms with Gasteiger partial charge in [0.25, 0.3) is 0 Å². The highest BCUT2D eigenvalue weighted by molar-refractivity contribution is 5.69. The molecule has 2 N–H and O–H groups in total. The monoisotopic (exact) mass is 247 g/mol. The third-order valence-electron chi connectivity index (χ3n) is 2.95. The summed E-state index contributed by atoms with van der Waals surface area (Å²) in [6.45, 7) is 0. The second-order valence-electron chi connectivity index (χ2n) is 4.54. The van der Waals surface area contributed by atoms with Gasteiger partial charge < -0.3 is 10.5 Å². The van der Waals surface area contributed by atoms with Crippen LogP contribution in [0.3, 0.4) is 0 Å². The Hall–Kier alpha value is -2.04. The molecule has 1 aromatic carbocycles. The molecule has 0 saturated heterocycles. The van der Waals surface area contributed by atoms with Crippen LogP contribution in [0.4, 0.5) is 10.2 Å². The first-order chi connectivity index (χ1) is 8.63. The Morgan fingerprint density at radius 3 is 2.78 bits per heavy atom. The van der Waals surface area contributed by atoms with E-state index in [1.54, 1.807) is 23.9 Å². The summed E-state index contributed by atoms with van der Waals surface area (Å²) in [4.78, 5) is 0. The average Bonchev–Trinajstić information content (AvgIpc) is 3.08. The summed E-state index contributed by atoms with van der Waals surface area (Å²) in [6, 6.07) is 6.19. The molecule has 1 aliphatic rings. The van der Waals surface area contributed by atoms with Crippen LogP contribution in [0, 0.1) is 5.82 Å². The molecule has 0 unspecified atom stereocenters. The predicted octanol–water partition coefficient (Wildman–Crippen LogP) is 2.35.